The zero-order valence-corrected chi connectivity index (χ0v) is 18.2. The van der Waals surface area contributed by atoms with E-state index in [4.69, 9.17) is 16.3 Å². The average molecular weight is 444 g/mol. The number of aromatic nitrogens is 2. The number of aryl methyl sites for hydroxylation is 1. The van der Waals surface area contributed by atoms with Gasteiger partial charge in [0.05, 0.1) is 17.9 Å². The summed E-state index contributed by atoms with van der Waals surface area (Å²) >= 11 is 7.40. The summed E-state index contributed by atoms with van der Waals surface area (Å²) in [5.74, 6) is -0.705. The number of esters is 1. The van der Waals surface area contributed by atoms with Gasteiger partial charge in [-0.25, -0.2) is 4.79 Å². The summed E-state index contributed by atoms with van der Waals surface area (Å²) in [5, 5.41) is 11.1. The third-order valence-corrected chi connectivity index (χ3v) is 6.46. The van der Waals surface area contributed by atoms with E-state index in [1.54, 1.807) is 18.2 Å². The average Bonchev–Trinajstić information content (AvgIpc) is 3.37. The van der Waals surface area contributed by atoms with Gasteiger partial charge >= 0.3 is 5.97 Å². The van der Waals surface area contributed by atoms with E-state index in [1.165, 1.54) is 11.3 Å². The molecule has 0 spiro atoms. The van der Waals surface area contributed by atoms with Crippen molar-refractivity contribution < 1.29 is 14.3 Å². The van der Waals surface area contributed by atoms with Gasteiger partial charge in [0.2, 0.25) is 0 Å². The first-order valence-electron chi connectivity index (χ1n) is 10.0. The quantitative estimate of drug-likeness (QED) is 0.493. The molecule has 0 atom stereocenters. The van der Waals surface area contributed by atoms with Crippen LogP contribution in [-0.2, 0) is 17.6 Å². The van der Waals surface area contributed by atoms with Gasteiger partial charge in [-0.15, -0.1) is 11.3 Å². The van der Waals surface area contributed by atoms with Gasteiger partial charge in [-0.1, -0.05) is 30.7 Å². The van der Waals surface area contributed by atoms with Crippen molar-refractivity contribution in [3.63, 3.8) is 0 Å². The van der Waals surface area contributed by atoms with Crippen molar-refractivity contribution in [2.24, 2.45) is 0 Å². The molecule has 2 heterocycles. The highest BCUT2D eigenvalue weighted by Crippen LogP contribution is 2.38. The summed E-state index contributed by atoms with van der Waals surface area (Å²) in [4.78, 5) is 26.7. The van der Waals surface area contributed by atoms with E-state index in [2.05, 4.69) is 15.5 Å². The molecule has 0 saturated carbocycles. The molecule has 2 aromatic heterocycles. The lowest BCUT2D eigenvalue weighted by Gasteiger charge is -2.12. The number of aromatic amines is 1. The van der Waals surface area contributed by atoms with Crippen LogP contribution in [0.25, 0.3) is 11.3 Å². The maximum atomic E-state index is 12.9. The van der Waals surface area contributed by atoms with Crippen LogP contribution in [0.4, 0.5) is 5.00 Å². The summed E-state index contributed by atoms with van der Waals surface area (Å²) in [6.07, 6.45) is 4.64. The van der Waals surface area contributed by atoms with Gasteiger partial charge in [-0.05, 0) is 55.9 Å². The third-order valence-electron chi connectivity index (χ3n) is 5.00. The molecule has 0 fully saturated rings. The van der Waals surface area contributed by atoms with Crippen molar-refractivity contribution in [3.05, 3.63) is 57.1 Å². The Kier molecular flexibility index (Phi) is 6.20. The van der Waals surface area contributed by atoms with Crippen LogP contribution >= 0.6 is 22.9 Å². The van der Waals surface area contributed by atoms with E-state index >= 15 is 0 Å². The van der Waals surface area contributed by atoms with Crippen molar-refractivity contribution in [3.8, 4) is 11.3 Å². The molecule has 0 radical (unpaired) electrons. The van der Waals surface area contributed by atoms with E-state index in [9.17, 15) is 9.59 Å². The molecule has 1 aliphatic carbocycles. The van der Waals surface area contributed by atoms with Crippen molar-refractivity contribution in [2.75, 3.05) is 11.9 Å². The highest BCUT2D eigenvalue weighted by molar-refractivity contribution is 7.17. The molecule has 1 aliphatic rings. The van der Waals surface area contributed by atoms with Crippen LogP contribution in [0, 0.1) is 0 Å². The Balaban J connectivity index is 1.58. The Morgan fingerprint density at radius 3 is 2.77 bits per heavy atom. The first kappa shape index (κ1) is 20.6. The van der Waals surface area contributed by atoms with Gasteiger partial charge in [0.15, 0.2) is 0 Å². The summed E-state index contributed by atoms with van der Waals surface area (Å²) in [5.41, 5.74) is 3.34. The smallest absolute Gasteiger partial charge is 0.341 e. The van der Waals surface area contributed by atoms with Gasteiger partial charge in [0, 0.05) is 15.5 Å². The van der Waals surface area contributed by atoms with Gasteiger partial charge in [0.1, 0.15) is 10.7 Å². The molecule has 1 aromatic carbocycles. The van der Waals surface area contributed by atoms with Gasteiger partial charge in [0.25, 0.3) is 5.91 Å². The monoisotopic (exact) mass is 443 g/mol. The Morgan fingerprint density at radius 1 is 1.23 bits per heavy atom. The normalized spacial score (nSPS) is 13.0. The highest BCUT2D eigenvalue weighted by atomic mass is 35.5. The number of thiophene rings is 1. The number of carbonyl (C=O) groups is 2. The molecule has 30 heavy (non-hydrogen) atoms. The van der Waals surface area contributed by atoms with Crippen LogP contribution in [0.5, 0.6) is 0 Å². The topological polar surface area (TPSA) is 84.1 Å². The maximum absolute atomic E-state index is 12.9. The van der Waals surface area contributed by atoms with E-state index in [0.29, 0.717) is 33.6 Å². The Hall–Kier alpha value is -2.64. The first-order chi connectivity index (χ1) is 14.6. The number of hydrogen-bond acceptors (Lipinski definition) is 5. The second-order valence-electron chi connectivity index (χ2n) is 7.18. The molecule has 0 saturated heterocycles. The van der Waals surface area contributed by atoms with Crippen LogP contribution in [0.1, 0.15) is 57.5 Å². The predicted octanol–water partition coefficient (Wildman–Crippen LogP) is 5.49. The molecule has 0 bridgehead atoms. The van der Waals surface area contributed by atoms with E-state index in [-0.39, 0.29) is 11.9 Å². The number of hydrogen-bond donors (Lipinski definition) is 2. The van der Waals surface area contributed by atoms with Crippen LogP contribution in [0.15, 0.2) is 30.3 Å². The van der Waals surface area contributed by atoms with E-state index in [1.807, 2.05) is 19.1 Å². The molecule has 6 nitrogen and oxygen atoms in total. The van der Waals surface area contributed by atoms with E-state index < -0.39 is 0 Å². The summed E-state index contributed by atoms with van der Waals surface area (Å²) < 4.78 is 5.39. The van der Waals surface area contributed by atoms with E-state index in [0.717, 1.165) is 48.1 Å². The van der Waals surface area contributed by atoms with Crippen molar-refractivity contribution in [2.45, 2.75) is 39.0 Å². The fourth-order valence-corrected chi connectivity index (χ4v) is 4.91. The molecular weight excluding hydrogens is 422 g/mol. The van der Waals surface area contributed by atoms with Crippen molar-refractivity contribution >= 4 is 39.8 Å². The number of amides is 1. The predicted molar refractivity (Wildman–Crippen MR) is 119 cm³/mol. The largest absolute Gasteiger partial charge is 0.462 e. The molecular formula is C22H22ClN3O3S. The number of nitrogens with one attached hydrogen (secondary N) is 2. The van der Waals surface area contributed by atoms with Gasteiger partial charge in [-0.3, -0.25) is 9.89 Å². The number of H-pyrrole nitrogens is 1. The summed E-state index contributed by atoms with van der Waals surface area (Å²) in [6, 6.07) is 8.91. The summed E-state index contributed by atoms with van der Waals surface area (Å²) in [7, 11) is 0. The minimum absolute atomic E-state index is 0.319. The number of carbonyl (C=O) groups excluding carboxylic acids is 2. The second-order valence-corrected chi connectivity index (χ2v) is 8.72. The van der Waals surface area contributed by atoms with Crippen LogP contribution < -0.4 is 5.32 Å². The number of nitrogens with zero attached hydrogens (tertiary/aromatic N) is 1. The number of rotatable bonds is 6. The number of ether oxygens (including phenoxy) is 1. The highest BCUT2D eigenvalue weighted by Gasteiger charge is 2.27. The first-order valence-corrected chi connectivity index (χ1v) is 11.2. The number of fused-ring (bicyclic) bond motifs is 1. The molecule has 8 heteroatoms. The number of halogens is 1. The Bertz CT molecular complexity index is 1070. The summed E-state index contributed by atoms with van der Waals surface area (Å²) in [6.45, 7) is 2.32. The van der Waals surface area contributed by atoms with Crippen LogP contribution in [-0.4, -0.2) is 28.7 Å². The van der Waals surface area contributed by atoms with Crippen LogP contribution in [0.2, 0.25) is 5.02 Å². The molecule has 156 valence electrons. The molecule has 3 aromatic rings. The SMILES string of the molecule is CCCOC(=O)c1c(NC(=O)c2cc(-c3ccc(Cl)cc3)n[nH]2)sc2c1CCCC2. The fourth-order valence-electron chi connectivity index (χ4n) is 3.51. The van der Waals surface area contributed by atoms with Gasteiger partial charge in [-0.2, -0.15) is 5.10 Å². The van der Waals surface area contributed by atoms with Gasteiger partial charge < -0.3 is 10.1 Å². The second kappa shape index (κ2) is 9.02. The van der Waals surface area contributed by atoms with Crippen molar-refractivity contribution in [1.82, 2.24) is 10.2 Å². The standard InChI is InChI=1S/C22H22ClN3O3S/c1-2-11-29-22(28)19-15-5-3-4-6-18(15)30-21(19)24-20(27)17-12-16(25-26-17)13-7-9-14(23)10-8-13/h7-10,12H,2-6,11H2,1H3,(H,24,27)(H,25,26). The molecule has 1 amide bonds. The number of anilines is 1. The zero-order valence-electron chi connectivity index (χ0n) is 16.6. The molecule has 0 aliphatic heterocycles. The van der Waals surface area contributed by atoms with Crippen molar-refractivity contribution in [1.29, 1.82) is 0 Å². The molecule has 2 N–H and O–H groups in total. The molecule has 0 unspecified atom stereocenters. The minimum atomic E-state index is -0.363. The maximum Gasteiger partial charge on any atom is 0.341 e. The Labute approximate surface area is 183 Å². The lowest BCUT2D eigenvalue weighted by molar-refractivity contribution is 0.0505. The molecule has 4 rings (SSSR count). The minimum Gasteiger partial charge on any atom is -0.462 e. The fraction of sp³-hybridized carbons (Fsp3) is 0.318. The lowest BCUT2D eigenvalue weighted by atomic mass is 9.95. The number of benzene rings is 1. The zero-order chi connectivity index (χ0) is 21.1. The Morgan fingerprint density at radius 2 is 2.00 bits per heavy atom. The lowest BCUT2D eigenvalue weighted by Crippen LogP contribution is -2.16. The third kappa shape index (κ3) is 4.27. The van der Waals surface area contributed by atoms with Crippen LogP contribution in [0.3, 0.4) is 0 Å².